The topological polar surface area (TPSA) is 40.6 Å². The summed E-state index contributed by atoms with van der Waals surface area (Å²) in [7, 11) is -3.38. The molecule has 0 bridgehead atoms. The van der Waals surface area contributed by atoms with Crippen LogP contribution in [0.2, 0.25) is 0 Å². The van der Waals surface area contributed by atoms with E-state index in [-0.39, 0.29) is 6.04 Å². The predicted molar refractivity (Wildman–Crippen MR) is 103 cm³/mol. The van der Waals surface area contributed by atoms with Crippen LogP contribution < -0.4 is 0 Å². The average Bonchev–Trinajstić information content (AvgIpc) is 2.98. The summed E-state index contributed by atoms with van der Waals surface area (Å²) in [5.41, 5.74) is 0.918. The van der Waals surface area contributed by atoms with E-state index in [4.69, 9.17) is 0 Å². The van der Waals surface area contributed by atoms with E-state index in [2.05, 4.69) is 4.90 Å². The molecular weight excluding hydrogens is 340 g/mol. The third-order valence-corrected chi connectivity index (χ3v) is 7.42. The van der Waals surface area contributed by atoms with Gasteiger partial charge in [-0.25, -0.2) is 8.42 Å². The van der Waals surface area contributed by atoms with E-state index in [0.29, 0.717) is 6.54 Å². The second-order valence-electron chi connectivity index (χ2n) is 6.46. The van der Waals surface area contributed by atoms with Gasteiger partial charge in [-0.2, -0.15) is 16.1 Å². The molecule has 4 nitrogen and oxygen atoms in total. The van der Waals surface area contributed by atoms with E-state index in [1.165, 1.54) is 18.2 Å². The van der Waals surface area contributed by atoms with Crippen molar-refractivity contribution >= 4 is 27.9 Å². The van der Waals surface area contributed by atoms with Crippen molar-refractivity contribution in [2.45, 2.75) is 25.3 Å². The molecule has 0 radical (unpaired) electrons. The summed E-state index contributed by atoms with van der Waals surface area (Å²) in [5, 5.41) is 1.38. The van der Waals surface area contributed by atoms with Crippen molar-refractivity contribution < 1.29 is 8.42 Å². The summed E-state index contributed by atoms with van der Waals surface area (Å²) < 4.78 is 27.6. The number of likely N-dealkylation sites (tertiary alicyclic amines) is 1. The number of hydrogen-bond acceptors (Lipinski definition) is 4. The van der Waals surface area contributed by atoms with Crippen LogP contribution in [0.15, 0.2) is 35.7 Å². The van der Waals surface area contributed by atoms with Gasteiger partial charge in [0, 0.05) is 30.3 Å². The third-order valence-electron chi connectivity index (χ3n) is 4.61. The van der Waals surface area contributed by atoms with Crippen LogP contribution in [0.3, 0.4) is 0 Å². The first-order valence-electron chi connectivity index (χ1n) is 8.70. The molecule has 0 saturated carbocycles. The number of nitrogens with zero attached hydrogens (tertiary/aromatic N) is 2. The van der Waals surface area contributed by atoms with E-state index < -0.39 is 10.0 Å². The normalized spacial score (nSPS) is 24.4. The standard InChI is InChI=1S/C18H26N2O2S2/c21-24(22,14-9-17-7-2-1-3-8-17)20-12-6-13-23-16-18(20)15-19-10-4-5-11-19/h1-3,7-9,14,18H,4-6,10-13,15-16H2/b14-9+. The highest BCUT2D eigenvalue weighted by molar-refractivity contribution is 7.99. The van der Waals surface area contributed by atoms with Crippen molar-refractivity contribution in [3.63, 3.8) is 0 Å². The van der Waals surface area contributed by atoms with Gasteiger partial charge in [0.05, 0.1) is 0 Å². The molecule has 0 amide bonds. The molecule has 1 atom stereocenters. The maximum absolute atomic E-state index is 12.9. The maximum atomic E-state index is 12.9. The fraction of sp³-hybridized carbons (Fsp3) is 0.556. The summed E-state index contributed by atoms with van der Waals surface area (Å²) in [6.45, 7) is 3.71. The molecule has 0 aliphatic carbocycles. The first-order chi connectivity index (χ1) is 11.6. The molecule has 0 spiro atoms. The summed E-state index contributed by atoms with van der Waals surface area (Å²) in [4.78, 5) is 2.42. The van der Waals surface area contributed by atoms with Crippen LogP contribution in [0.1, 0.15) is 24.8 Å². The minimum Gasteiger partial charge on any atom is -0.302 e. The quantitative estimate of drug-likeness (QED) is 0.803. The number of rotatable bonds is 5. The van der Waals surface area contributed by atoms with Crippen LogP contribution in [-0.2, 0) is 10.0 Å². The largest absolute Gasteiger partial charge is 0.302 e. The molecule has 1 unspecified atom stereocenters. The van der Waals surface area contributed by atoms with Gasteiger partial charge in [0.1, 0.15) is 0 Å². The van der Waals surface area contributed by atoms with Crippen molar-refractivity contribution in [3.05, 3.63) is 41.3 Å². The fourth-order valence-electron chi connectivity index (χ4n) is 3.36. The molecule has 24 heavy (non-hydrogen) atoms. The molecule has 2 aliphatic heterocycles. The van der Waals surface area contributed by atoms with Gasteiger partial charge in [0.15, 0.2) is 0 Å². The van der Waals surface area contributed by atoms with Gasteiger partial charge in [-0.15, -0.1) is 0 Å². The Morgan fingerprint density at radius 1 is 1.08 bits per heavy atom. The van der Waals surface area contributed by atoms with Crippen molar-refractivity contribution in [2.24, 2.45) is 0 Å². The Balaban J connectivity index is 1.75. The Bertz CT molecular complexity index is 640. The van der Waals surface area contributed by atoms with Crippen LogP contribution in [0.5, 0.6) is 0 Å². The number of thioether (sulfide) groups is 1. The second kappa shape index (κ2) is 8.52. The van der Waals surface area contributed by atoms with E-state index in [0.717, 1.165) is 43.1 Å². The Kier molecular flexibility index (Phi) is 6.38. The molecule has 2 fully saturated rings. The minimum atomic E-state index is -3.38. The zero-order valence-electron chi connectivity index (χ0n) is 14.0. The molecule has 6 heteroatoms. The van der Waals surface area contributed by atoms with Crippen LogP contribution in [0.25, 0.3) is 6.08 Å². The zero-order valence-corrected chi connectivity index (χ0v) is 15.6. The molecule has 0 aromatic heterocycles. The van der Waals surface area contributed by atoms with E-state index in [1.54, 1.807) is 10.4 Å². The second-order valence-corrected chi connectivity index (χ2v) is 9.38. The molecular formula is C18H26N2O2S2. The molecule has 2 saturated heterocycles. The highest BCUT2D eigenvalue weighted by Crippen LogP contribution is 2.23. The van der Waals surface area contributed by atoms with Crippen LogP contribution >= 0.6 is 11.8 Å². The maximum Gasteiger partial charge on any atom is 0.236 e. The van der Waals surface area contributed by atoms with Crippen molar-refractivity contribution in [1.29, 1.82) is 0 Å². The van der Waals surface area contributed by atoms with Gasteiger partial charge in [-0.1, -0.05) is 30.3 Å². The summed E-state index contributed by atoms with van der Waals surface area (Å²) in [6.07, 6.45) is 5.11. The summed E-state index contributed by atoms with van der Waals surface area (Å²) in [5.74, 6) is 1.94. The molecule has 132 valence electrons. The van der Waals surface area contributed by atoms with Crippen molar-refractivity contribution in [3.8, 4) is 0 Å². The zero-order chi connectivity index (χ0) is 16.8. The van der Waals surface area contributed by atoms with E-state index in [1.807, 2.05) is 42.1 Å². The lowest BCUT2D eigenvalue weighted by atomic mass is 10.2. The Morgan fingerprint density at radius 3 is 2.58 bits per heavy atom. The molecule has 0 N–H and O–H groups in total. The smallest absolute Gasteiger partial charge is 0.236 e. The van der Waals surface area contributed by atoms with Gasteiger partial charge in [-0.3, -0.25) is 0 Å². The highest BCUT2D eigenvalue weighted by atomic mass is 32.2. The predicted octanol–water partition coefficient (Wildman–Crippen LogP) is 2.89. The van der Waals surface area contributed by atoms with Crippen LogP contribution in [0.4, 0.5) is 0 Å². The summed E-state index contributed by atoms with van der Waals surface area (Å²) >= 11 is 1.88. The number of benzene rings is 1. The number of sulfonamides is 1. The van der Waals surface area contributed by atoms with Crippen molar-refractivity contribution in [1.82, 2.24) is 9.21 Å². The molecule has 1 aromatic carbocycles. The first kappa shape index (κ1) is 18.0. The van der Waals surface area contributed by atoms with Gasteiger partial charge in [-0.05, 0) is 49.7 Å². The monoisotopic (exact) mass is 366 g/mol. The fourth-order valence-corrected chi connectivity index (χ4v) is 5.93. The van der Waals surface area contributed by atoms with Gasteiger partial charge < -0.3 is 4.90 Å². The highest BCUT2D eigenvalue weighted by Gasteiger charge is 2.31. The van der Waals surface area contributed by atoms with Crippen molar-refractivity contribution in [2.75, 3.05) is 37.7 Å². The Morgan fingerprint density at radius 2 is 1.83 bits per heavy atom. The first-order valence-corrected chi connectivity index (χ1v) is 11.4. The SMILES string of the molecule is O=S(=O)(/C=C/c1ccccc1)N1CCCSCC1CN1CCCC1. The van der Waals surface area contributed by atoms with Crippen LogP contribution in [-0.4, -0.2) is 61.3 Å². The lowest BCUT2D eigenvalue weighted by molar-refractivity contribution is 0.245. The third kappa shape index (κ3) is 4.85. The lowest BCUT2D eigenvalue weighted by Crippen LogP contribution is -2.46. The molecule has 3 rings (SSSR count). The lowest BCUT2D eigenvalue weighted by Gasteiger charge is -2.30. The molecule has 1 aromatic rings. The number of hydrogen-bond donors (Lipinski definition) is 0. The van der Waals surface area contributed by atoms with E-state index >= 15 is 0 Å². The van der Waals surface area contributed by atoms with Crippen LogP contribution in [0, 0.1) is 0 Å². The molecule has 2 heterocycles. The van der Waals surface area contributed by atoms with Gasteiger partial charge in [0.25, 0.3) is 0 Å². The van der Waals surface area contributed by atoms with Gasteiger partial charge >= 0.3 is 0 Å². The Labute approximate surface area is 150 Å². The minimum absolute atomic E-state index is 0.0843. The Hall–Kier alpha value is -0.820. The van der Waals surface area contributed by atoms with E-state index in [9.17, 15) is 8.42 Å². The molecule has 2 aliphatic rings. The van der Waals surface area contributed by atoms with Gasteiger partial charge in [0.2, 0.25) is 10.0 Å². The summed E-state index contributed by atoms with van der Waals surface area (Å²) in [6, 6.07) is 9.71. The average molecular weight is 367 g/mol.